The third-order valence-electron chi connectivity index (χ3n) is 2.72. The molecule has 4 nitrogen and oxygen atoms in total. The van der Waals surface area contributed by atoms with Crippen molar-refractivity contribution in [1.82, 2.24) is 0 Å². The number of nitrogens with one attached hydrogen (secondary N) is 1. The number of benzene rings is 2. The number of anilines is 2. The minimum Gasteiger partial charge on any atom is -0.507 e. The minimum atomic E-state index is -0.773. The van der Waals surface area contributed by atoms with Crippen LogP contribution in [0.4, 0.5) is 15.8 Å². The number of halogens is 1. The highest BCUT2D eigenvalue weighted by molar-refractivity contribution is 6.06. The molecule has 0 bridgehead atoms. The second-order valence-electron chi connectivity index (χ2n) is 4.16. The van der Waals surface area contributed by atoms with E-state index in [-0.39, 0.29) is 5.56 Å². The van der Waals surface area contributed by atoms with Gasteiger partial charge in [0.05, 0.1) is 0 Å². The average Bonchev–Trinajstić information content (AvgIpc) is 2.32. The van der Waals surface area contributed by atoms with Gasteiger partial charge in [-0.15, -0.1) is 0 Å². The Morgan fingerprint density at radius 2 is 2.05 bits per heavy atom. The van der Waals surface area contributed by atoms with E-state index in [4.69, 9.17) is 5.73 Å². The van der Waals surface area contributed by atoms with E-state index in [2.05, 4.69) is 5.32 Å². The van der Waals surface area contributed by atoms with E-state index < -0.39 is 17.5 Å². The highest BCUT2D eigenvalue weighted by Gasteiger charge is 2.17. The van der Waals surface area contributed by atoms with Crippen LogP contribution in [0.25, 0.3) is 0 Å². The van der Waals surface area contributed by atoms with Crippen LogP contribution in [0, 0.1) is 12.7 Å². The Labute approximate surface area is 109 Å². The number of phenols is 1. The number of carbonyl (C=O) groups excluding carboxylic acids is 1. The molecule has 0 aromatic heterocycles. The van der Waals surface area contributed by atoms with Crippen LogP contribution < -0.4 is 11.1 Å². The van der Waals surface area contributed by atoms with Gasteiger partial charge in [-0.2, -0.15) is 0 Å². The molecule has 0 saturated carbocycles. The predicted octanol–water partition coefficient (Wildman–Crippen LogP) is 2.67. The maximum atomic E-state index is 13.5. The molecule has 0 fully saturated rings. The second-order valence-corrected chi connectivity index (χ2v) is 4.16. The van der Waals surface area contributed by atoms with Gasteiger partial charge in [-0.1, -0.05) is 6.07 Å². The Hall–Kier alpha value is -2.56. The molecule has 98 valence electrons. The number of hydrogen-bond donors (Lipinski definition) is 3. The summed E-state index contributed by atoms with van der Waals surface area (Å²) >= 11 is 0. The molecule has 2 rings (SSSR count). The fourth-order valence-corrected chi connectivity index (χ4v) is 1.75. The van der Waals surface area contributed by atoms with E-state index in [1.807, 2.05) is 0 Å². The molecule has 0 aliphatic rings. The highest BCUT2D eigenvalue weighted by Crippen LogP contribution is 2.23. The number of rotatable bonds is 2. The third-order valence-corrected chi connectivity index (χ3v) is 2.72. The Kier molecular flexibility index (Phi) is 3.37. The van der Waals surface area contributed by atoms with Crippen molar-refractivity contribution in [3.63, 3.8) is 0 Å². The summed E-state index contributed by atoms with van der Waals surface area (Å²) in [5.74, 6) is -1.88. The number of nitrogen functional groups attached to an aromatic ring is 1. The lowest BCUT2D eigenvalue weighted by Gasteiger charge is -2.10. The first kappa shape index (κ1) is 12.9. The van der Waals surface area contributed by atoms with Crippen molar-refractivity contribution in [2.75, 3.05) is 11.1 Å². The maximum Gasteiger partial charge on any atom is 0.262 e. The van der Waals surface area contributed by atoms with Gasteiger partial charge in [0.2, 0.25) is 0 Å². The zero-order chi connectivity index (χ0) is 14.0. The van der Waals surface area contributed by atoms with Crippen LogP contribution in [0.2, 0.25) is 0 Å². The largest absolute Gasteiger partial charge is 0.507 e. The molecule has 0 atom stereocenters. The molecule has 0 heterocycles. The smallest absolute Gasteiger partial charge is 0.262 e. The Balaban J connectivity index is 2.31. The second kappa shape index (κ2) is 4.97. The van der Waals surface area contributed by atoms with Crippen molar-refractivity contribution in [3.05, 3.63) is 53.3 Å². The SMILES string of the molecule is Cc1cc(N)ccc1NC(=O)c1c(O)cccc1F. The van der Waals surface area contributed by atoms with Gasteiger partial charge in [0, 0.05) is 11.4 Å². The molecule has 1 amide bonds. The number of carbonyl (C=O) groups is 1. The van der Waals surface area contributed by atoms with Crippen molar-refractivity contribution >= 4 is 17.3 Å². The standard InChI is InChI=1S/C14H13FN2O2/c1-8-7-9(16)5-6-11(8)17-14(19)13-10(15)3-2-4-12(13)18/h2-7,18H,16H2,1H3,(H,17,19). The van der Waals surface area contributed by atoms with E-state index >= 15 is 0 Å². The molecule has 0 saturated heterocycles. The summed E-state index contributed by atoms with van der Waals surface area (Å²) in [6.07, 6.45) is 0. The van der Waals surface area contributed by atoms with Crippen LogP contribution in [0.5, 0.6) is 5.75 Å². The fraction of sp³-hybridized carbons (Fsp3) is 0.0714. The van der Waals surface area contributed by atoms with Crippen molar-refractivity contribution in [2.45, 2.75) is 6.92 Å². The van der Waals surface area contributed by atoms with Crippen LogP contribution in [0.1, 0.15) is 15.9 Å². The van der Waals surface area contributed by atoms with Gasteiger partial charge in [0.15, 0.2) is 0 Å². The maximum absolute atomic E-state index is 13.5. The van der Waals surface area contributed by atoms with Gasteiger partial charge in [0.1, 0.15) is 17.1 Å². The van der Waals surface area contributed by atoms with E-state index in [0.29, 0.717) is 11.4 Å². The Morgan fingerprint density at radius 3 is 2.68 bits per heavy atom. The van der Waals surface area contributed by atoms with Crippen molar-refractivity contribution < 1.29 is 14.3 Å². The number of phenolic OH excluding ortho intramolecular Hbond substituents is 1. The van der Waals surface area contributed by atoms with Crippen LogP contribution in [0.3, 0.4) is 0 Å². The Morgan fingerprint density at radius 1 is 1.32 bits per heavy atom. The molecule has 0 radical (unpaired) electrons. The van der Waals surface area contributed by atoms with E-state index in [0.717, 1.165) is 11.6 Å². The van der Waals surface area contributed by atoms with E-state index in [1.54, 1.807) is 25.1 Å². The molecule has 2 aromatic rings. The minimum absolute atomic E-state index is 0.376. The van der Waals surface area contributed by atoms with Gasteiger partial charge in [-0.3, -0.25) is 4.79 Å². The van der Waals surface area contributed by atoms with Gasteiger partial charge in [0.25, 0.3) is 5.91 Å². The van der Waals surface area contributed by atoms with Crippen LogP contribution in [-0.2, 0) is 0 Å². The number of aryl methyl sites for hydroxylation is 1. The first-order valence-electron chi connectivity index (χ1n) is 5.64. The monoisotopic (exact) mass is 260 g/mol. The van der Waals surface area contributed by atoms with Crippen LogP contribution >= 0.6 is 0 Å². The van der Waals surface area contributed by atoms with E-state index in [1.165, 1.54) is 12.1 Å². The van der Waals surface area contributed by atoms with Gasteiger partial charge in [-0.25, -0.2) is 4.39 Å². The molecule has 0 aliphatic carbocycles. The Bertz CT molecular complexity index is 621. The fourth-order valence-electron chi connectivity index (χ4n) is 1.75. The van der Waals surface area contributed by atoms with Gasteiger partial charge < -0.3 is 16.2 Å². The van der Waals surface area contributed by atoms with E-state index in [9.17, 15) is 14.3 Å². The number of aromatic hydroxyl groups is 1. The lowest BCUT2D eigenvalue weighted by Crippen LogP contribution is -2.14. The number of hydrogen-bond acceptors (Lipinski definition) is 3. The first-order valence-corrected chi connectivity index (χ1v) is 5.64. The summed E-state index contributed by atoms with van der Waals surface area (Å²) in [5, 5.41) is 12.1. The number of amides is 1. The normalized spacial score (nSPS) is 10.2. The summed E-state index contributed by atoms with van der Waals surface area (Å²) in [4.78, 5) is 12.0. The van der Waals surface area contributed by atoms with Crippen LogP contribution in [0.15, 0.2) is 36.4 Å². The first-order chi connectivity index (χ1) is 8.99. The highest BCUT2D eigenvalue weighted by atomic mass is 19.1. The summed E-state index contributed by atoms with van der Waals surface area (Å²) in [5.41, 5.74) is 7.07. The summed E-state index contributed by atoms with van der Waals surface area (Å²) < 4.78 is 13.5. The molecule has 0 spiro atoms. The zero-order valence-corrected chi connectivity index (χ0v) is 10.3. The molecule has 4 N–H and O–H groups in total. The molecule has 2 aromatic carbocycles. The summed E-state index contributed by atoms with van der Waals surface area (Å²) in [6, 6.07) is 8.65. The molecular formula is C14H13FN2O2. The van der Waals surface area contributed by atoms with Crippen molar-refractivity contribution in [3.8, 4) is 5.75 Å². The van der Waals surface area contributed by atoms with Gasteiger partial charge >= 0.3 is 0 Å². The summed E-state index contributed by atoms with van der Waals surface area (Å²) in [6.45, 7) is 1.77. The topological polar surface area (TPSA) is 75.3 Å². The quantitative estimate of drug-likeness (QED) is 0.727. The average molecular weight is 260 g/mol. The number of nitrogens with two attached hydrogens (primary N) is 1. The van der Waals surface area contributed by atoms with Gasteiger partial charge in [-0.05, 0) is 42.8 Å². The molecular weight excluding hydrogens is 247 g/mol. The molecule has 0 aliphatic heterocycles. The lowest BCUT2D eigenvalue weighted by atomic mass is 10.1. The molecule has 0 unspecified atom stereocenters. The lowest BCUT2D eigenvalue weighted by molar-refractivity contribution is 0.102. The molecule has 5 heteroatoms. The van der Waals surface area contributed by atoms with Crippen molar-refractivity contribution in [1.29, 1.82) is 0 Å². The zero-order valence-electron chi connectivity index (χ0n) is 10.3. The summed E-state index contributed by atoms with van der Waals surface area (Å²) in [7, 11) is 0. The third kappa shape index (κ3) is 2.65. The predicted molar refractivity (Wildman–Crippen MR) is 71.6 cm³/mol. The molecule has 19 heavy (non-hydrogen) atoms. The van der Waals surface area contributed by atoms with Crippen LogP contribution in [-0.4, -0.2) is 11.0 Å². The van der Waals surface area contributed by atoms with Crippen molar-refractivity contribution in [2.24, 2.45) is 0 Å².